The van der Waals surface area contributed by atoms with E-state index in [-0.39, 0.29) is 0 Å². The Labute approximate surface area is 129 Å². The first-order chi connectivity index (χ1) is 9.74. The molecule has 0 aliphatic carbocycles. The summed E-state index contributed by atoms with van der Waals surface area (Å²) >= 11 is 5.14. The molecular weight excluding hydrogens is 334 g/mol. The zero-order valence-corrected chi connectivity index (χ0v) is 13.0. The van der Waals surface area contributed by atoms with E-state index in [9.17, 15) is 0 Å². The highest BCUT2D eigenvalue weighted by atomic mass is 79.9. The molecule has 0 amide bonds. The molecule has 0 radical (unpaired) electrons. The molecule has 0 fully saturated rings. The molecule has 3 aromatic rings. The Morgan fingerprint density at radius 2 is 2.00 bits per heavy atom. The Hall–Kier alpha value is -1.59. The van der Waals surface area contributed by atoms with E-state index < -0.39 is 0 Å². The van der Waals surface area contributed by atoms with E-state index in [1.54, 1.807) is 18.0 Å². The Kier molecular flexibility index (Phi) is 3.89. The van der Waals surface area contributed by atoms with Crippen molar-refractivity contribution >= 4 is 44.4 Å². The normalized spacial score (nSPS) is 10.8. The van der Waals surface area contributed by atoms with Crippen LogP contribution in [0.5, 0.6) is 0 Å². The van der Waals surface area contributed by atoms with Gasteiger partial charge in [0.1, 0.15) is 10.8 Å². The highest BCUT2D eigenvalue weighted by molar-refractivity contribution is 9.10. The van der Waals surface area contributed by atoms with Crippen molar-refractivity contribution in [1.82, 2.24) is 9.97 Å². The van der Waals surface area contributed by atoms with Gasteiger partial charge >= 0.3 is 0 Å². The van der Waals surface area contributed by atoms with Crippen LogP contribution in [-0.4, -0.2) is 9.97 Å². The van der Waals surface area contributed by atoms with Gasteiger partial charge in [0.15, 0.2) is 0 Å². The van der Waals surface area contributed by atoms with E-state index in [1.165, 1.54) is 0 Å². The van der Waals surface area contributed by atoms with E-state index >= 15 is 0 Å². The molecular formula is C15H12BrN3S. The Morgan fingerprint density at radius 3 is 2.85 bits per heavy atom. The summed E-state index contributed by atoms with van der Waals surface area (Å²) in [5.41, 5.74) is 7.99. The molecule has 0 saturated heterocycles. The monoisotopic (exact) mass is 345 g/mol. The molecule has 0 aliphatic heterocycles. The van der Waals surface area contributed by atoms with Crippen LogP contribution < -0.4 is 5.73 Å². The smallest absolute Gasteiger partial charge is 0.128 e. The molecule has 0 spiro atoms. The van der Waals surface area contributed by atoms with Gasteiger partial charge in [-0.2, -0.15) is 0 Å². The first-order valence-corrected chi connectivity index (χ1v) is 7.89. The van der Waals surface area contributed by atoms with Gasteiger partial charge in [0.2, 0.25) is 0 Å². The predicted molar refractivity (Wildman–Crippen MR) is 87.7 cm³/mol. The van der Waals surface area contributed by atoms with Crippen molar-refractivity contribution in [3.05, 3.63) is 58.7 Å². The van der Waals surface area contributed by atoms with Crippen LogP contribution in [0.1, 0.15) is 5.56 Å². The zero-order chi connectivity index (χ0) is 13.9. The molecule has 2 heterocycles. The third-order valence-corrected chi connectivity index (χ3v) is 4.88. The van der Waals surface area contributed by atoms with Crippen LogP contribution in [0.2, 0.25) is 0 Å². The largest absolute Gasteiger partial charge is 0.383 e. The molecule has 20 heavy (non-hydrogen) atoms. The lowest BCUT2D eigenvalue weighted by Crippen LogP contribution is -1.97. The van der Waals surface area contributed by atoms with Gasteiger partial charge in [-0.05, 0) is 40.2 Å². The highest BCUT2D eigenvalue weighted by Gasteiger charge is 2.07. The van der Waals surface area contributed by atoms with Crippen molar-refractivity contribution in [2.24, 2.45) is 0 Å². The molecule has 0 unspecified atom stereocenters. The van der Waals surface area contributed by atoms with Gasteiger partial charge in [-0.3, -0.25) is 0 Å². The number of fused-ring (bicyclic) bond motifs is 1. The number of aromatic nitrogens is 2. The summed E-state index contributed by atoms with van der Waals surface area (Å²) in [6.07, 6.45) is 1.79. The predicted octanol–water partition coefficient (Wildman–Crippen LogP) is 4.27. The van der Waals surface area contributed by atoms with Gasteiger partial charge in [0, 0.05) is 27.4 Å². The maximum absolute atomic E-state index is 6.03. The van der Waals surface area contributed by atoms with E-state index in [0.29, 0.717) is 5.82 Å². The summed E-state index contributed by atoms with van der Waals surface area (Å²) in [5, 5.41) is 2.07. The van der Waals surface area contributed by atoms with E-state index in [1.807, 2.05) is 36.4 Å². The summed E-state index contributed by atoms with van der Waals surface area (Å²) in [5.74, 6) is 1.34. The number of para-hydroxylation sites is 1. The number of nitrogens with two attached hydrogens (primary N) is 1. The maximum Gasteiger partial charge on any atom is 0.128 e. The topological polar surface area (TPSA) is 51.8 Å². The van der Waals surface area contributed by atoms with Crippen molar-refractivity contribution in [3.8, 4) is 0 Å². The Bertz CT molecular complexity index is 761. The molecule has 0 bridgehead atoms. The molecule has 5 heteroatoms. The van der Waals surface area contributed by atoms with E-state index in [0.717, 1.165) is 31.7 Å². The second-order valence-corrected chi connectivity index (χ2v) is 6.12. The average Bonchev–Trinajstić information content (AvgIpc) is 2.46. The quantitative estimate of drug-likeness (QED) is 0.720. The van der Waals surface area contributed by atoms with Crippen molar-refractivity contribution in [3.63, 3.8) is 0 Å². The first-order valence-electron chi connectivity index (χ1n) is 6.11. The second-order valence-electron chi connectivity index (χ2n) is 4.30. The van der Waals surface area contributed by atoms with Gasteiger partial charge in [-0.1, -0.05) is 18.2 Å². The number of benzene rings is 1. The standard InChI is InChI=1S/C15H12BrN3S/c16-12-5-3-7-18-15(12)20-9-11-8-10-4-1-2-6-13(10)19-14(11)17/h1-8H,9H2,(H2,17,19). The van der Waals surface area contributed by atoms with Crippen LogP contribution in [0.3, 0.4) is 0 Å². The van der Waals surface area contributed by atoms with Gasteiger partial charge in [0.05, 0.1) is 5.52 Å². The molecule has 100 valence electrons. The lowest BCUT2D eigenvalue weighted by molar-refractivity contribution is 1.11. The van der Waals surface area contributed by atoms with Gasteiger partial charge in [-0.15, -0.1) is 11.8 Å². The fourth-order valence-electron chi connectivity index (χ4n) is 1.91. The third-order valence-electron chi connectivity index (χ3n) is 2.93. The summed E-state index contributed by atoms with van der Waals surface area (Å²) in [6, 6.07) is 14.0. The third kappa shape index (κ3) is 2.78. The molecule has 3 rings (SSSR count). The molecule has 2 N–H and O–H groups in total. The van der Waals surface area contributed by atoms with Crippen LogP contribution in [0.15, 0.2) is 58.2 Å². The fourth-order valence-corrected chi connectivity index (χ4v) is 3.38. The van der Waals surface area contributed by atoms with Crippen LogP contribution in [0, 0.1) is 0 Å². The van der Waals surface area contributed by atoms with Crippen LogP contribution in [0.4, 0.5) is 5.82 Å². The minimum Gasteiger partial charge on any atom is -0.383 e. The summed E-state index contributed by atoms with van der Waals surface area (Å²) in [7, 11) is 0. The number of halogens is 1. The summed E-state index contributed by atoms with van der Waals surface area (Å²) < 4.78 is 0.998. The number of nitrogens with zero attached hydrogens (tertiary/aromatic N) is 2. The Morgan fingerprint density at radius 1 is 1.15 bits per heavy atom. The number of nitrogen functional groups attached to an aromatic ring is 1. The number of thioether (sulfide) groups is 1. The van der Waals surface area contributed by atoms with Crippen molar-refractivity contribution in [2.75, 3.05) is 5.73 Å². The van der Waals surface area contributed by atoms with Crippen molar-refractivity contribution in [2.45, 2.75) is 10.8 Å². The van der Waals surface area contributed by atoms with Crippen molar-refractivity contribution < 1.29 is 0 Å². The molecule has 1 aromatic carbocycles. The van der Waals surface area contributed by atoms with Gasteiger partial charge in [-0.25, -0.2) is 9.97 Å². The molecule has 2 aromatic heterocycles. The number of anilines is 1. The number of hydrogen-bond acceptors (Lipinski definition) is 4. The molecule has 0 saturated carbocycles. The number of pyridine rings is 2. The minimum absolute atomic E-state index is 0.586. The molecule has 0 atom stereocenters. The molecule has 3 nitrogen and oxygen atoms in total. The van der Waals surface area contributed by atoms with Crippen LogP contribution >= 0.6 is 27.7 Å². The number of rotatable bonds is 3. The van der Waals surface area contributed by atoms with Gasteiger partial charge in [0.25, 0.3) is 0 Å². The minimum atomic E-state index is 0.586. The average molecular weight is 346 g/mol. The van der Waals surface area contributed by atoms with E-state index in [2.05, 4.69) is 32.0 Å². The SMILES string of the molecule is Nc1nc2ccccc2cc1CSc1ncccc1Br. The Balaban J connectivity index is 1.87. The number of hydrogen-bond donors (Lipinski definition) is 1. The lowest BCUT2D eigenvalue weighted by atomic mass is 10.1. The van der Waals surface area contributed by atoms with Crippen LogP contribution in [-0.2, 0) is 5.75 Å². The zero-order valence-electron chi connectivity index (χ0n) is 10.6. The first kappa shape index (κ1) is 13.4. The summed E-state index contributed by atoms with van der Waals surface area (Å²) in [6.45, 7) is 0. The summed E-state index contributed by atoms with van der Waals surface area (Å²) in [4.78, 5) is 8.78. The highest BCUT2D eigenvalue weighted by Crippen LogP contribution is 2.30. The van der Waals surface area contributed by atoms with E-state index in [4.69, 9.17) is 5.73 Å². The maximum atomic E-state index is 6.03. The van der Waals surface area contributed by atoms with Gasteiger partial charge < -0.3 is 5.73 Å². The molecule has 0 aliphatic rings. The van der Waals surface area contributed by atoms with Crippen LogP contribution in [0.25, 0.3) is 10.9 Å². The second kappa shape index (κ2) is 5.81. The lowest BCUT2D eigenvalue weighted by Gasteiger charge is -2.07. The fraction of sp³-hybridized carbons (Fsp3) is 0.0667. The van der Waals surface area contributed by atoms with Crippen molar-refractivity contribution in [1.29, 1.82) is 0 Å².